The van der Waals surface area contributed by atoms with E-state index in [1.807, 2.05) is 46.2 Å². The van der Waals surface area contributed by atoms with E-state index in [0.29, 0.717) is 12.4 Å². The summed E-state index contributed by atoms with van der Waals surface area (Å²) in [6.07, 6.45) is 0. The normalized spacial score (nSPS) is 19.5. The second-order valence-electron chi connectivity index (χ2n) is 7.03. The quantitative estimate of drug-likeness (QED) is 0.761. The zero-order chi connectivity index (χ0) is 17.0. The van der Waals surface area contributed by atoms with Crippen LogP contribution in [0.4, 0.5) is 0 Å². The van der Waals surface area contributed by atoms with Crippen molar-refractivity contribution in [3.05, 3.63) is 17.2 Å². The standard InChI is InChI=1S/C14H23BN6O2/c1-9-12(15-22-13(3,4)14(5,6)23-15)10(2)21(17-9)8-11-16-19-20(7)18-11/h8H2,1-7H3. The molecule has 8 nitrogen and oxygen atoms in total. The van der Waals surface area contributed by atoms with Crippen molar-refractivity contribution < 1.29 is 9.31 Å². The molecule has 0 bridgehead atoms. The Kier molecular flexibility index (Phi) is 3.60. The molecule has 2 aromatic heterocycles. The Hall–Kier alpha value is -1.74. The Bertz CT molecular complexity index is 720. The van der Waals surface area contributed by atoms with Crippen LogP contribution in [0.15, 0.2) is 0 Å². The zero-order valence-electron chi connectivity index (χ0n) is 14.8. The fourth-order valence-electron chi connectivity index (χ4n) is 2.69. The van der Waals surface area contributed by atoms with Crippen molar-refractivity contribution >= 4 is 12.6 Å². The maximum atomic E-state index is 6.16. The van der Waals surface area contributed by atoms with Gasteiger partial charge >= 0.3 is 7.12 Å². The lowest BCUT2D eigenvalue weighted by molar-refractivity contribution is 0.00578. The Morgan fingerprint density at radius 3 is 2.17 bits per heavy atom. The molecule has 0 atom stereocenters. The number of nitrogens with zero attached hydrogens (tertiary/aromatic N) is 6. The molecule has 0 amide bonds. The van der Waals surface area contributed by atoms with Crippen molar-refractivity contribution in [2.24, 2.45) is 7.05 Å². The lowest BCUT2D eigenvalue weighted by Gasteiger charge is -2.32. The number of tetrazole rings is 1. The van der Waals surface area contributed by atoms with Crippen molar-refractivity contribution in [2.45, 2.75) is 59.3 Å². The van der Waals surface area contributed by atoms with Gasteiger partial charge in [0.1, 0.15) is 6.54 Å². The second kappa shape index (κ2) is 5.14. The smallest absolute Gasteiger partial charge is 0.399 e. The molecule has 2 aromatic rings. The molecule has 0 spiro atoms. The minimum absolute atomic E-state index is 0.370. The van der Waals surface area contributed by atoms with Crippen LogP contribution < -0.4 is 5.46 Å². The van der Waals surface area contributed by atoms with Crippen molar-refractivity contribution in [3.8, 4) is 0 Å². The van der Waals surface area contributed by atoms with Crippen molar-refractivity contribution in [1.29, 1.82) is 0 Å². The molecular weight excluding hydrogens is 295 g/mol. The number of hydrogen-bond acceptors (Lipinski definition) is 6. The molecule has 1 aliphatic heterocycles. The first-order valence-electron chi connectivity index (χ1n) is 7.73. The molecule has 3 heterocycles. The number of hydrogen-bond donors (Lipinski definition) is 0. The maximum absolute atomic E-state index is 6.16. The summed E-state index contributed by atoms with van der Waals surface area (Å²) in [5, 5.41) is 16.7. The minimum atomic E-state index is -0.413. The SMILES string of the molecule is Cc1nn(Cc2nnn(C)n2)c(C)c1B1OC(C)(C)C(C)(C)O1. The minimum Gasteiger partial charge on any atom is -0.399 e. The fraction of sp³-hybridized carbons (Fsp3) is 0.714. The van der Waals surface area contributed by atoms with Crippen LogP contribution in [0, 0.1) is 13.8 Å². The van der Waals surface area contributed by atoms with E-state index in [-0.39, 0.29) is 11.2 Å². The highest BCUT2D eigenvalue weighted by Gasteiger charge is 2.53. The van der Waals surface area contributed by atoms with Crippen LogP contribution in [0.25, 0.3) is 0 Å². The highest BCUT2D eigenvalue weighted by Crippen LogP contribution is 2.36. The summed E-state index contributed by atoms with van der Waals surface area (Å²) in [6, 6.07) is 0. The van der Waals surface area contributed by atoms with Crippen LogP contribution in [0.1, 0.15) is 44.9 Å². The van der Waals surface area contributed by atoms with E-state index in [2.05, 4.69) is 20.5 Å². The van der Waals surface area contributed by atoms with Gasteiger partial charge in [-0.1, -0.05) is 0 Å². The number of aryl methyl sites for hydroxylation is 2. The average Bonchev–Trinajstić information content (AvgIpc) is 2.99. The van der Waals surface area contributed by atoms with Gasteiger partial charge in [-0.15, -0.1) is 10.2 Å². The topological polar surface area (TPSA) is 79.9 Å². The molecule has 1 saturated heterocycles. The molecule has 1 fully saturated rings. The predicted octanol–water partition coefficient (Wildman–Crippen LogP) is 0.371. The average molecular weight is 318 g/mol. The molecule has 3 rings (SSSR count). The summed E-state index contributed by atoms with van der Waals surface area (Å²) in [6.45, 7) is 12.6. The van der Waals surface area contributed by atoms with E-state index in [9.17, 15) is 0 Å². The molecule has 0 radical (unpaired) electrons. The van der Waals surface area contributed by atoms with Crippen LogP contribution in [0.3, 0.4) is 0 Å². The first-order valence-corrected chi connectivity index (χ1v) is 7.73. The van der Waals surface area contributed by atoms with Crippen LogP contribution in [0.5, 0.6) is 0 Å². The lowest BCUT2D eigenvalue weighted by atomic mass is 9.77. The molecule has 0 aromatic carbocycles. The molecule has 0 unspecified atom stereocenters. The number of aromatic nitrogens is 6. The first kappa shape index (κ1) is 16.1. The third-order valence-corrected chi connectivity index (χ3v) is 4.77. The Morgan fingerprint density at radius 2 is 1.65 bits per heavy atom. The van der Waals surface area contributed by atoms with Gasteiger partial charge in [0.25, 0.3) is 0 Å². The van der Waals surface area contributed by atoms with Gasteiger partial charge in [-0.3, -0.25) is 4.68 Å². The van der Waals surface area contributed by atoms with Gasteiger partial charge in [-0.05, 0) is 46.8 Å². The van der Waals surface area contributed by atoms with E-state index in [1.54, 1.807) is 7.05 Å². The summed E-state index contributed by atoms with van der Waals surface area (Å²) in [4.78, 5) is 1.44. The monoisotopic (exact) mass is 318 g/mol. The maximum Gasteiger partial charge on any atom is 0.498 e. The molecule has 9 heteroatoms. The van der Waals surface area contributed by atoms with Gasteiger partial charge in [-0.2, -0.15) is 9.90 Å². The Morgan fingerprint density at radius 1 is 1.04 bits per heavy atom. The van der Waals surface area contributed by atoms with Crippen LogP contribution in [-0.4, -0.2) is 48.3 Å². The van der Waals surface area contributed by atoms with Gasteiger partial charge in [0.15, 0.2) is 5.82 Å². The largest absolute Gasteiger partial charge is 0.498 e. The predicted molar refractivity (Wildman–Crippen MR) is 85.3 cm³/mol. The summed E-state index contributed by atoms with van der Waals surface area (Å²) >= 11 is 0. The Balaban J connectivity index is 1.90. The third kappa shape index (κ3) is 2.68. The van der Waals surface area contributed by atoms with Gasteiger partial charge in [-0.25, -0.2) is 0 Å². The van der Waals surface area contributed by atoms with Crippen LogP contribution >= 0.6 is 0 Å². The van der Waals surface area contributed by atoms with E-state index in [4.69, 9.17) is 9.31 Å². The summed E-state index contributed by atoms with van der Waals surface area (Å²) in [5.41, 5.74) is 2.13. The first-order chi connectivity index (χ1) is 10.6. The molecule has 1 aliphatic rings. The zero-order valence-corrected chi connectivity index (χ0v) is 14.8. The van der Waals surface area contributed by atoms with Gasteiger partial charge in [0, 0.05) is 11.2 Å². The van der Waals surface area contributed by atoms with Crippen molar-refractivity contribution in [2.75, 3.05) is 0 Å². The van der Waals surface area contributed by atoms with Crippen LogP contribution in [-0.2, 0) is 22.9 Å². The lowest BCUT2D eigenvalue weighted by Crippen LogP contribution is -2.41. The summed E-state index contributed by atoms with van der Waals surface area (Å²) in [7, 11) is 1.33. The van der Waals surface area contributed by atoms with E-state index in [1.165, 1.54) is 4.80 Å². The fourth-order valence-corrected chi connectivity index (χ4v) is 2.69. The molecule has 0 N–H and O–H groups in total. The molecule has 0 aliphatic carbocycles. The third-order valence-electron chi connectivity index (χ3n) is 4.77. The molecule has 124 valence electrons. The second-order valence-corrected chi connectivity index (χ2v) is 7.03. The highest BCUT2D eigenvalue weighted by atomic mass is 16.7. The molecule has 0 saturated carbocycles. The van der Waals surface area contributed by atoms with E-state index >= 15 is 0 Å². The molecular formula is C14H23BN6O2. The van der Waals surface area contributed by atoms with Gasteiger partial charge in [0.05, 0.1) is 23.9 Å². The highest BCUT2D eigenvalue weighted by molar-refractivity contribution is 6.63. The van der Waals surface area contributed by atoms with Crippen molar-refractivity contribution in [3.63, 3.8) is 0 Å². The van der Waals surface area contributed by atoms with Crippen molar-refractivity contribution in [1.82, 2.24) is 30.0 Å². The van der Waals surface area contributed by atoms with E-state index < -0.39 is 7.12 Å². The molecule has 23 heavy (non-hydrogen) atoms. The van der Waals surface area contributed by atoms with E-state index in [0.717, 1.165) is 16.9 Å². The number of rotatable bonds is 3. The Labute approximate surface area is 136 Å². The van der Waals surface area contributed by atoms with Gasteiger partial charge in [0.2, 0.25) is 0 Å². The van der Waals surface area contributed by atoms with Gasteiger partial charge < -0.3 is 9.31 Å². The summed E-state index contributed by atoms with van der Waals surface area (Å²) < 4.78 is 14.2. The van der Waals surface area contributed by atoms with Crippen LogP contribution in [0.2, 0.25) is 0 Å². The summed E-state index contributed by atoms with van der Waals surface area (Å²) in [5.74, 6) is 0.624.